The number of thiazole rings is 1. The first-order valence-corrected chi connectivity index (χ1v) is 10.9. The lowest BCUT2D eigenvalue weighted by Crippen LogP contribution is -2.30. The lowest BCUT2D eigenvalue weighted by molar-refractivity contribution is -0.145. The number of esters is 1. The number of ether oxygens (including phenoxy) is 1. The molecule has 0 saturated carbocycles. The van der Waals surface area contributed by atoms with E-state index >= 15 is 0 Å². The Kier molecular flexibility index (Phi) is 6.60. The average molecular weight is 451 g/mol. The average Bonchev–Trinajstić information content (AvgIpc) is 3.21. The van der Waals surface area contributed by atoms with E-state index in [4.69, 9.17) is 16.3 Å². The van der Waals surface area contributed by atoms with Crippen molar-refractivity contribution in [2.75, 3.05) is 0 Å². The molecule has 0 radical (unpaired) electrons. The van der Waals surface area contributed by atoms with Gasteiger partial charge in [-0.05, 0) is 29.8 Å². The Hall–Kier alpha value is -3.22. The molecular weight excluding hydrogens is 432 g/mol. The van der Waals surface area contributed by atoms with Crippen molar-refractivity contribution in [3.63, 3.8) is 0 Å². The van der Waals surface area contributed by atoms with E-state index in [1.807, 2.05) is 54.6 Å². The van der Waals surface area contributed by atoms with Crippen molar-refractivity contribution in [3.05, 3.63) is 100 Å². The Morgan fingerprint density at radius 2 is 1.68 bits per heavy atom. The number of para-hydroxylation sites is 1. The number of halogens is 1. The van der Waals surface area contributed by atoms with Gasteiger partial charge < -0.3 is 10.1 Å². The second kappa shape index (κ2) is 9.73. The van der Waals surface area contributed by atoms with Crippen LogP contribution in [0.4, 0.5) is 0 Å². The molecule has 0 fully saturated rings. The zero-order chi connectivity index (χ0) is 21.6. The molecule has 156 valence electrons. The number of rotatable bonds is 7. The Bertz CT molecular complexity index is 1180. The molecule has 0 saturated heterocycles. The second-order valence-electron chi connectivity index (χ2n) is 6.86. The SMILES string of the molecule is O=C(C[C@@H](NC(=O)c1ccccc1Cl)c1ccccc1)OCc1nc2ccccc2s1. The first-order valence-electron chi connectivity index (χ1n) is 9.70. The van der Waals surface area contributed by atoms with Crippen LogP contribution in [-0.2, 0) is 16.1 Å². The molecule has 3 aromatic carbocycles. The third-order valence-corrected chi connectivity index (χ3v) is 6.03. The first kappa shape index (κ1) is 21.0. The van der Waals surface area contributed by atoms with Crippen LogP contribution in [0.15, 0.2) is 78.9 Å². The van der Waals surface area contributed by atoms with Gasteiger partial charge in [0.1, 0.15) is 11.6 Å². The van der Waals surface area contributed by atoms with Gasteiger partial charge in [-0.1, -0.05) is 66.2 Å². The number of benzene rings is 3. The van der Waals surface area contributed by atoms with Gasteiger partial charge in [0, 0.05) is 0 Å². The predicted molar refractivity (Wildman–Crippen MR) is 122 cm³/mol. The molecule has 0 bridgehead atoms. The summed E-state index contributed by atoms with van der Waals surface area (Å²) in [6, 6.07) is 23.3. The van der Waals surface area contributed by atoms with Gasteiger partial charge >= 0.3 is 5.97 Å². The lowest BCUT2D eigenvalue weighted by Gasteiger charge is -2.19. The number of fused-ring (bicyclic) bond motifs is 1. The molecule has 1 heterocycles. The molecule has 0 aliphatic carbocycles. The van der Waals surface area contributed by atoms with E-state index in [1.165, 1.54) is 11.3 Å². The van der Waals surface area contributed by atoms with Crippen molar-refractivity contribution < 1.29 is 14.3 Å². The summed E-state index contributed by atoms with van der Waals surface area (Å²) in [5.41, 5.74) is 2.04. The fourth-order valence-corrected chi connectivity index (χ4v) is 4.27. The Morgan fingerprint density at radius 1 is 0.968 bits per heavy atom. The summed E-state index contributed by atoms with van der Waals surface area (Å²) in [5, 5.41) is 3.98. The van der Waals surface area contributed by atoms with Gasteiger partial charge in [-0.15, -0.1) is 11.3 Å². The van der Waals surface area contributed by atoms with Crippen molar-refractivity contribution in [1.82, 2.24) is 10.3 Å². The molecule has 1 N–H and O–H groups in total. The van der Waals surface area contributed by atoms with Gasteiger partial charge in [-0.2, -0.15) is 0 Å². The van der Waals surface area contributed by atoms with Gasteiger partial charge in [-0.25, -0.2) is 4.98 Å². The van der Waals surface area contributed by atoms with Gasteiger partial charge in [0.2, 0.25) is 0 Å². The molecular formula is C24H19ClN2O3S. The van der Waals surface area contributed by atoms with E-state index in [0.29, 0.717) is 10.6 Å². The topological polar surface area (TPSA) is 68.3 Å². The van der Waals surface area contributed by atoms with Crippen molar-refractivity contribution in [1.29, 1.82) is 0 Å². The molecule has 1 amide bonds. The first-order chi connectivity index (χ1) is 15.1. The fraction of sp³-hybridized carbons (Fsp3) is 0.125. The maximum atomic E-state index is 12.8. The summed E-state index contributed by atoms with van der Waals surface area (Å²) < 4.78 is 6.50. The monoisotopic (exact) mass is 450 g/mol. The number of nitrogens with one attached hydrogen (secondary N) is 1. The number of carbonyl (C=O) groups is 2. The number of nitrogens with zero attached hydrogens (tertiary/aromatic N) is 1. The van der Waals surface area contributed by atoms with Gasteiger partial charge in [0.25, 0.3) is 5.91 Å². The van der Waals surface area contributed by atoms with Crippen LogP contribution < -0.4 is 5.32 Å². The molecule has 5 nitrogen and oxygen atoms in total. The van der Waals surface area contributed by atoms with E-state index in [0.717, 1.165) is 20.8 Å². The number of hydrogen-bond donors (Lipinski definition) is 1. The van der Waals surface area contributed by atoms with E-state index in [-0.39, 0.29) is 18.9 Å². The summed E-state index contributed by atoms with van der Waals surface area (Å²) in [6.45, 7) is 0.0954. The van der Waals surface area contributed by atoms with Crippen LogP contribution in [0.25, 0.3) is 10.2 Å². The number of amides is 1. The van der Waals surface area contributed by atoms with Crippen LogP contribution in [-0.4, -0.2) is 16.9 Å². The van der Waals surface area contributed by atoms with Gasteiger partial charge in [0.15, 0.2) is 0 Å². The standard InChI is InChI=1S/C24H19ClN2O3S/c25-18-11-5-4-10-17(18)24(29)27-20(16-8-2-1-3-9-16)14-23(28)30-15-22-26-19-12-6-7-13-21(19)31-22/h1-13,20H,14-15H2,(H,27,29)/t20-/m1/s1. The number of carbonyl (C=O) groups excluding carboxylic acids is 2. The molecule has 0 aliphatic heterocycles. The Morgan fingerprint density at radius 3 is 2.45 bits per heavy atom. The summed E-state index contributed by atoms with van der Waals surface area (Å²) in [5.74, 6) is -0.772. The fourth-order valence-electron chi connectivity index (χ4n) is 3.17. The summed E-state index contributed by atoms with van der Waals surface area (Å²) in [6.07, 6.45) is -0.00883. The van der Waals surface area contributed by atoms with Crippen molar-refractivity contribution in [3.8, 4) is 0 Å². The van der Waals surface area contributed by atoms with Crippen LogP contribution in [0.2, 0.25) is 5.02 Å². The van der Waals surface area contributed by atoms with Gasteiger partial charge in [0.05, 0.1) is 33.3 Å². The predicted octanol–water partition coefficient (Wildman–Crippen LogP) is 5.55. The smallest absolute Gasteiger partial charge is 0.308 e. The Balaban J connectivity index is 1.44. The molecule has 0 unspecified atom stereocenters. The molecule has 7 heteroatoms. The van der Waals surface area contributed by atoms with Crippen molar-refractivity contribution >= 4 is 45.0 Å². The Labute approximate surface area is 188 Å². The van der Waals surface area contributed by atoms with Crippen LogP contribution >= 0.6 is 22.9 Å². The van der Waals surface area contributed by atoms with Crippen LogP contribution in [0.1, 0.15) is 33.4 Å². The molecule has 4 rings (SSSR count). The molecule has 31 heavy (non-hydrogen) atoms. The maximum Gasteiger partial charge on any atom is 0.308 e. The van der Waals surface area contributed by atoms with E-state index in [1.54, 1.807) is 24.3 Å². The zero-order valence-corrected chi connectivity index (χ0v) is 18.0. The highest BCUT2D eigenvalue weighted by molar-refractivity contribution is 7.18. The van der Waals surface area contributed by atoms with Crippen LogP contribution in [0.5, 0.6) is 0 Å². The molecule has 0 aliphatic rings. The van der Waals surface area contributed by atoms with Crippen molar-refractivity contribution in [2.45, 2.75) is 19.1 Å². The highest BCUT2D eigenvalue weighted by Gasteiger charge is 2.21. The normalized spacial score (nSPS) is 11.8. The van der Waals surface area contributed by atoms with E-state index < -0.39 is 12.0 Å². The van der Waals surface area contributed by atoms with E-state index in [9.17, 15) is 9.59 Å². The highest BCUT2D eigenvalue weighted by atomic mass is 35.5. The largest absolute Gasteiger partial charge is 0.458 e. The summed E-state index contributed by atoms with van der Waals surface area (Å²) in [7, 11) is 0. The summed E-state index contributed by atoms with van der Waals surface area (Å²) >= 11 is 7.64. The summed E-state index contributed by atoms with van der Waals surface area (Å²) in [4.78, 5) is 29.8. The highest BCUT2D eigenvalue weighted by Crippen LogP contribution is 2.24. The third kappa shape index (κ3) is 5.29. The zero-order valence-electron chi connectivity index (χ0n) is 16.5. The quantitative estimate of drug-likeness (QED) is 0.374. The van der Waals surface area contributed by atoms with E-state index in [2.05, 4.69) is 10.3 Å². The molecule has 0 spiro atoms. The van der Waals surface area contributed by atoms with Crippen molar-refractivity contribution in [2.24, 2.45) is 0 Å². The number of hydrogen-bond acceptors (Lipinski definition) is 5. The third-order valence-electron chi connectivity index (χ3n) is 4.69. The van der Waals surface area contributed by atoms with Crippen LogP contribution in [0, 0.1) is 0 Å². The molecule has 1 aromatic heterocycles. The van der Waals surface area contributed by atoms with Crippen LogP contribution in [0.3, 0.4) is 0 Å². The minimum absolute atomic E-state index is 0.00883. The van der Waals surface area contributed by atoms with Gasteiger partial charge in [-0.3, -0.25) is 9.59 Å². The molecule has 1 atom stereocenters. The minimum atomic E-state index is -0.548. The lowest BCUT2D eigenvalue weighted by atomic mass is 10.0. The minimum Gasteiger partial charge on any atom is -0.458 e. The second-order valence-corrected chi connectivity index (χ2v) is 8.38. The molecule has 4 aromatic rings. The number of aromatic nitrogens is 1. The maximum absolute atomic E-state index is 12.8.